The number of morpholine rings is 1. The van der Waals surface area contributed by atoms with Gasteiger partial charge in [0.05, 0.1) is 13.2 Å². The molecule has 2 fully saturated rings. The van der Waals surface area contributed by atoms with E-state index in [4.69, 9.17) is 4.74 Å². The van der Waals surface area contributed by atoms with E-state index in [1.54, 1.807) is 6.07 Å². The van der Waals surface area contributed by atoms with Crippen molar-refractivity contribution < 1.29 is 18.3 Å². The van der Waals surface area contributed by atoms with Crippen molar-refractivity contribution in [2.24, 2.45) is 0 Å². The van der Waals surface area contributed by atoms with E-state index in [0.29, 0.717) is 32.8 Å². The number of likely N-dealkylation sites (N-methyl/N-ethyl adjacent to an activating group) is 1. The van der Waals surface area contributed by atoms with Crippen LogP contribution in [-0.2, 0) is 11.3 Å². The number of hydrogen-bond acceptors (Lipinski definition) is 3. The average Bonchev–Trinajstić information content (AvgIpc) is 2.64. The molecule has 2 heterocycles. The van der Waals surface area contributed by atoms with Gasteiger partial charge in [0.1, 0.15) is 0 Å². The number of benzene rings is 1. The number of hydrogen-bond donors (Lipinski definition) is 0. The number of ether oxygens (including phenoxy) is 1. The molecule has 2 amide bonds. The Morgan fingerprint density at radius 2 is 2.00 bits per heavy atom. The van der Waals surface area contributed by atoms with Crippen LogP contribution < -0.4 is 0 Å². The monoisotopic (exact) mass is 353 g/mol. The van der Waals surface area contributed by atoms with E-state index in [9.17, 15) is 13.6 Å². The predicted octanol–water partition coefficient (Wildman–Crippen LogP) is 2.31. The first-order valence-electron chi connectivity index (χ1n) is 8.80. The lowest BCUT2D eigenvalue weighted by molar-refractivity contribution is 0.0365. The van der Waals surface area contributed by atoms with Crippen LogP contribution in [0.2, 0.25) is 0 Å². The summed E-state index contributed by atoms with van der Waals surface area (Å²) < 4.78 is 31.8. The topological polar surface area (TPSA) is 36.0 Å². The summed E-state index contributed by atoms with van der Waals surface area (Å²) >= 11 is 0. The normalized spacial score (nSPS) is 22.0. The van der Waals surface area contributed by atoms with Crippen LogP contribution in [0.1, 0.15) is 18.4 Å². The fourth-order valence-electron chi connectivity index (χ4n) is 3.52. The summed E-state index contributed by atoms with van der Waals surface area (Å²) in [6.07, 6.45) is 1.94. The summed E-state index contributed by atoms with van der Waals surface area (Å²) in [4.78, 5) is 18.5. The number of likely N-dealkylation sites (tertiary alicyclic amines) is 1. The minimum atomic E-state index is -0.823. The smallest absolute Gasteiger partial charge is 0.320 e. The molecule has 1 aromatic carbocycles. The van der Waals surface area contributed by atoms with E-state index < -0.39 is 11.6 Å². The summed E-state index contributed by atoms with van der Waals surface area (Å²) in [5, 5.41) is 0. The molecule has 0 spiro atoms. The minimum Gasteiger partial charge on any atom is -0.378 e. The molecule has 1 unspecified atom stereocenters. The van der Waals surface area contributed by atoms with E-state index in [1.165, 1.54) is 12.1 Å². The maximum Gasteiger partial charge on any atom is 0.320 e. The Kier molecular flexibility index (Phi) is 5.86. The molecule has 1 atom stereocenters. The van der Waals surface area contributed by atoms with Crippen LogP contribution in [0.4, 0.5) is 13.6 Å². The zero-order valence-corrected chi connectivity index (χ0v) is 14.6. The van der Waals surface area contributed by atoms with Crippen molar-refractivity contribution >= 4 is 6.03 Å². The first-order valence-corrected chi connectivity index (χ1v) is 8.80. The standard InChI is InChI=1S/C18H25F2N3O2/c1-21(18(24)23-7-9-25-10-8-23)15-3-2-6-22(13-15)12-14-4-5-16(19)17(20)11-14/h4-5,11,15H,2-3,6-10,12-13H2,1H3. The lowest BCUT2D eigenvalue weighted by Crippen LogP contribution is -2.54. The Morgan fingerprint density at radius 1 is 1.24 bits per heavy atom. The molecule has 2 aliphatic rings. The number of piperidine rings is 1. The molecule has 0 aliphatic carbocycles. The van der Waals surface area contributed by atoms with Crippen LogP contribution >= 0.6 is 0 Å². The second-order valence-electron chi connectivity index (χ2n) is 6.77. The van der Waals surface area contributed by atoms with E-state index in [-0.39, 0.29) is 12.1 Å². The van der Waals surface area contributed by atoms with E-state index >= 15 is 0 Å². The summed E-state index contributed by atoms with van der Waals surface area (Å²) in [5.74, 6) is -1.64. The zero-order valence-electron chi connectivity index (χ0n) is 14.6. The maximum absolute atomic E-state index is 13.4. The number of urea groups is 1. The third kappa shape index (κ3) is 4.46. The van der Waals surface area contributed by atoms with Crippen LogP contribution in [-0.4, -0.2) is 73.2 Å². The van der Waals surface area contributed by atoms with Crippen LogP contribution in [0.5, 0.6) is 0 Å². The average molecular weight is 353 g/mol. The van der Waals surface area contributed by atoms with Crippen molar-refractivity contribution in [3.8, 4) is 0 Å². The third-order valence-corrected chi connectivity index (χ3v) is 5.00. The van der Waals surface area contributed by atoms with Gasteiger partial charge in [-0.2, -0.15) is 0 Å². The molecule has 0 radical (unpaired) electrons. The minimum absolute atomic E-state index is 0.0444. The van der Waals surface area contributed by atoms with Gasteiger partial charge in [0.25, 0.3) is 0 Å². The van der Waals surface area contributed by atoms with Crippen molar-refractivity contribution in [2.75, 3.05) is 46.4 Å². The summed E-state index contributed by atoms with van der Waals surface area (Å²) in [5.41, 5.74) is 0.752. The lowest BCUT2D eigenvalue weighted by atomic mass is 10.0. The SMILES string of the molecule is CN(C(=O)N1CCOCC1)C1CCCN(Cc2ccc(F)c(F)c2)C1. The van der Waals surface area contributed by atoms with Crippen LogP contribution in [0, 0.1) is 11.6 Å². The molecule has 0 N–H and O–H groups in total. The van der Waals surface area contributed by atoms with Gasteiger partial charge in [-0.05, 0) is 37.1 Å². The molecule has 5 nitrogen and oxygen atoms in total. The number of rotatable bonds is 3. The number of carbonyl (C=O) groups excluding carboxylic acids is 1. The number of carbonyl (C=O) groups is 1. The van der Waals surface area contributed by atoms with Gasteiger partial charge in [0, 0.05) is 39.3 Å². The largest absolute Gasteiger partial charge is 0.378 e. The summed E-state index contributed by atoms with van der Waals surface area (Å²) in [6.45, 7) is 4.65. The van der Waals surface area contributed by atoms with Crippen molar-refractivity contribution in [3.05, 3.63) is 35.4 Å². The number of nitrogens with zero attached hydrogens (tertiary/aromatic N) is 3. The molecular weight excluding hydrogens is 328 g/mol. The highest BCUT2D eigenvalue weighted by atomic mass is 19.2. The number of halogens is 2. The van der Waals surface area contributed by atoms with Crippen molar-refractivity contribution in [3.63, 3.8) is 0 Å². The van der Waals surface area contributed by atoms with E-state index in [0.717, 1.165) is 31.5 Å². The van der Waals surface area contributed by atoms with Crippen LogP contribution in [0.25, 0.3) is 0 Å². The highest BCUT2D eigenvalue weighted by molar-refractivity contribution is 5.74. The van der Waals surface area contributed by atoms with Gasteiger partial charge in [-0.25, -0.2) is 13.6 Å². The van der Waals surface area contributed by atoms with Crippen molar-refractivity contribution in [1.29, 1.82) is 0 Å². The first-order chi connectivity index (χ1) is 12.0. The Labute approximate surface area is 147 Å². The van der Waals surface area contributed by atoms with Gasteiger partial charge in [0.2, 0.25) is 0 Å². The summed E-state index contributed by atoms with van der Waals surface area (Å²) in [7, 11) is 1.85. The highest BCUT2D eigenvalue weighted by Crippen LogP contribution is 2.19. The fraction of sp³-hybridized carbons (Fsp3) is 0.611. The first kappa shape index (κ1) is 18.1. The van der Waals surface area contributed by atoms with Gasteiger partial charge in [-0.1, -0.05) is 6.07 Å². The zero-order chi connectivity index (χ0) is 17.8. The Balaban J connectivity index is 1.58. The van der Waals surface area contributed by atoms with Gasteiger partial charge < -0.3 is 14.5 Å². The molecular formula is C18H25F2N3O2. The van der Waals surface area contributed by atoms with Crippen LogP contribution in [0.3, 0.4) is 0 Å². The van der Waals surface area contributed by atoms with E-state index in [2.05, 4.69) is 4.90 Å². The Hall–Kier alpha value is -1.73. The second kappa shape index (κ2) is 8.10. The molecule has 0 bridgehead atoms. The molecule has 3 rings (SSSR count). The van der Waals surface area contributed by atoms with Crippen molar-refractivity contribution in [2.45, 2.75) is 25.4 Å². The lowest BCUT2D eigenvalue weighted by Gasteiger charge is -2.40. The molecule has 0 aromatic heterocycles. The maximum atomic E-state index is 13.4. The van der Waals surface area contributed by atoms with Crippen LogP contribution in [0.15, 0.2) is 18.2 Å². The predicted molar refractivity (Wildman–Crippen MR) is 90.2 cm³/mol. The molecule has 2 saturated heterocycles. The van der Waals surface area contributed by atoms with Gasteiger partial charge in [0.15, 0.2) is 11.6 Å². The number of amides is 2. The molecule has 1 aromatic rings. The summed E-state index contributed by atoms with van der Waals surface area (Å²) in [6, 6.07) is 4.21. The third-order valence-electron chi connectivity index (χ3n) is 5.00. The molecule has 0 saturated carbocycles. The van der Waals surface area contributed by atoms with E-state index in [1.807, 2.05) is 16.8 Å². The van der Waals surface area contributed by atoms with Gasteiger partial charge >= 0.3 is 6.03 Å². The Morgan fingerprint density at radius 3 is 2.72 bits per heavy atom. The molecule has 7 heteroatoms. The molecule has 2 aliphatic heterocycles. The quantitative estimate of drug-likeness (QED) is 0.837. The second-order valence-corrected chi connectivity index (χ2v) is 6.77. The van der Waals surface area contributed by atoms with Gasteiger partial charge in [-0.3, -0.25) is 4.90 Å². The Bertz CT molecular complexity index is 608. The van der Waals surface area contributed by atoms with Crippen molar-refractivity contribution in [1.82, 2.24) is 14.7 Å². The molecule has 138 valence electrons. The fourth-order valence-corrected chi connectivity index (χ4v) is 3.52. The highest BCUT2D eigenvalue weighted by Gasteiger charge is 2.29. The van der Waals surface area contributed by atoms with Gasteiger partial charge in [-0.15, -0.1) is 0 Å². The molecule has 25 heavy (non-hydrogen) atoms.